The fraction of sp³-hybridized carbons (Fsp3) is 0.304. The van der Waals surface area contributed by atoms with Crippen molar-refractivity contribution in [2.24, 2.45) is 0 Å². The molecule has 2 atom stereocenters. The molecular formula is C56H62N10O3. The lowest BCUT2D eigenvalue weighted by atomic mass is 10.0. The maximum absolute atomic E-state index is 13.3. The number of aryl methyl sites for hydroxylation is 4. The minimum atomic E-state index is -0.218. The Hall–Kier alpha value is -7.35. The van der Waals surface area contributed by atoms with Gasteiger partial charge in [-0.15, -0.1) is 0 Å². The average Bonchev–Trinajstić information content (AvgIpc) is 3.38. The summed E-state index contributed by atoms with van der Waals surface area (Å²) in [5.41, 5.74) is 11.6. The first-order chi connectivity index (χ1) is 33.6. The van der Waals surface area contributed by atoms with Crippen LogP contribution in [0.1, 0.15) is 75.5 Å². The molecule has 6 aromatic heterocycles. The lowest BCUT2D eigenvalue weighted by Gasteiger charge is -2.40. The zero-order valence-corrected chi connectivity index (χ0v) is 40.1. The zero-order chi connectivity index (χ0) is 48.1. The standard InChI is InChI=1S/C28H31N5O.C18H24N4.C10H7NO2/c1-20-9-10-24(16-30-20)32-13-5-6-25(19-32)33(17-22-11-12-29-21(2)14-22)18-23-15-31-27-8-4-3-7-26(27)28(23)34;1-14-5-6-18(12-20-14)22-9-3-4-17(13-22)21-11-16-7-8-19-15(2)10-16;12-6-7-5-11-9-4-2-1-3-8(9)10(7)13/h3-4,7-12,14-16,25H,5-6,13,17-19H2,1-2H3,(H,31,34);5-8,10,12,17,21H,3-4,9,11,13H2,1-2H3;1-6H,(H,11,13)/t25-;17-;/m00./s1. The maximum atomic E-state index is 13.3. The molecule has 2 aliphatic heterocycles. The molecule has 354 valence electrons. The fourth-order valence-electron chi connectivity index (χ4n) is 9.21. The number of pyridine rings is 6. The predicted octanol–water partition coefficient (Wildman–Crippen LogP) is 8.80. The van der Waals surface area contributed by atoms with Crippen LogP contribution >= 0.6 is 0 Å². The third kappa shape index (κ3) is 12.8. The number of H-pyrrole nitrogens is 2. The van der Waals surface area contributed by atoms with Crippen molar-refractivity contribution in [1.82, 2.24) is 40.1 Å². The number of carbonyl (C=O) groups is 1. The van der Waals surface area contributed by atoms with E-state index in [1.54, 1.807) is 18.2 Å². The van der Waals surface area contributed by atoms with Crippen LogP contribution < -0.4 is 26.0 Å². The first kappa shape index (κ1) is 48.1. The van der Waals surface area contributed by atoms with Gasteiger partial charge in [-0.05, 0) is 137 Å². The van der Waals surface area contributed by atoms with Crippen LogP contribution in [0.15, 0.2) is 144 Å². The van der Waals surface area contributed by atoms with Gasteiger partial charge in [-0.3, -0.25) is 39.2 Å². The Bertz CT molecular complexity index is 3080. The molecule has 13 nitrogen and oxygen atoms in total. The Kier molecular flexibility index (Phi) is 16.1. The van der Waals surface area contributed by atoms with Gasteiger partial charge in [0.15, 0.2) is 17.1 Å². The van der Waals surface area contributed by atoms with Gasteiger partial charge >= 0.3 is 0 Å². The molecule has 10 rings (SSSR count). The molecule has 0 radical (unpaired) electrons. The largest absolute Gasteiger partial charge is 0.369 e. The predicted molar refractivity (Wildman–Crippen MR) is 277 cm³/mol. The van der Waals surface area contributed by atoms with Gasteiger partial charge in [0.2, 0.25) is 0 Å². The Morgan fingerprint density at radius 2 is 1.22 bits per heavy atom. The average molecular weight is 923 g/mol. The first-order valence-electron chi connectivity index (χ1n) is 23.9. The molecule has 2 saturated heterocycles. The lowest BCUT2D eigenvalue weighted by molar-refractivity contribution is 0.112. The van der Waals surface area contributed by atoms with Crippen molar-refractivity contribution >= 4 is 39.5 Å². The van der Waals surface area contributed by atoms with Gasteiger partial charge in [0.25, 0.3) is 0 Å². The Labute approximate surface area is 403 Å². The summed E-state index contributed by atoms with van der Waals surface area (Å²) in [4.78, 5) is 66.3. The van der Waals surface area contributed by atoms with Crippen LogP contribution in [0, 0.1) is 27.7 Å². The molecule has 0 saturated carbocycles. The number of rotatable bonds is 11. The first-order valence-corrected chi connectivity index (χ1v) is 23.9. The van der Waals surface area contributed by atoms with Crippen LogP contribution in [-0.2, 0) is 19.6 Å². The summed E-state index contributed by atoms with van der Waals surface area (Å²) in [6.45, 7) is 14.5. The molecule has 3 N–H and O–H groups in total. The Balaban J connectivity index is 0.000000156. The monoisotopic (exact) mass is 923 g/mol. The van der Waals surface area contributed by atoms with Crippen LogP contribution in [0.5, 0.6) is 0 Å². The quantitative estimate of drug-likeness (QED) is 0.107. The number of piperidine rings is 2. The van der Waals surface area contributed by atoms with E-state index in [1.165, 1.54) is 41.5 Å². The van der Waals surface area contributed by atoms with E-state index >= 15 is 0 Å². The van der Waals surface area contributed by atoms with Gasteiger partial charge < -0.3 is 25.1 Å². The summed E-state index contributed by atoms with van der Waals surface area (Å²) >= 11 is 0. The minimum Gasteiger partial charge on any atom is -0.369 e. The van der Waals surface area contributed by atoms with Gasteiger partial charge in [0, 0.05) is 133 Å². The summed E-state index contributed by atoms with van der Waals surface area (Å²) in [6, 6.07) is 32.6. The number of carbonyl (C=O) groups excluding carboxylic acids is 1. The van der Waals surface area contributed by atoms with Crippen LogP contribution in [0.4, 0.5) is 11.4 Å². The van der Waals surface area contributed by atoms with Crippen LogP contribution in [0.3, 0.4) is 0 Å². The van der Waals surface area contributed by atoms with E-state index in [0.29, 0.717) is 30.3 Å². The van der Waals surface area contributed by atoms with Crippen LogP contribution in [0.25, 0.3) is 21.8 Å². The second-order valence-electron chi connectivity index (χ2n) is 18.2. The van der Waals surface area contributed by atoms with Crippen molar-refractivity contribution in [3.8, 4) is 0 Å². The van der Waals surface area contributed by atoms with Crippen molar-refractivity contribution < 1.29 is 4.79 Å². The summed E-state index contributed by atoms with van der Waals surface area (Å²) in [6.07, 6.45) is 16.3. The number of aromatic amines is 2. The van der Waals surface area contributed by atoms with E-state index in [-0.39, 0.29) is 16.4 Å². The third-order valence-electron chi connectivity index (χ3n) is 12.9. The Morgan fingerprint density at radius 1 is 0.638 bits per heavy atom. The zero-order valence-electron chi connectivity index (χ0n) is 40.1. The molecule has 69 heavy (non-hydrogen) atoms. The van der Waals surface area contributed by atoms with E-state index in [1.807, 2.05) is 89.0 Å². The van der Waals surface area contributed by atoms with E-state index in [0.717, 1.165) is 96.9 Å². The van der Waals surface area contributed by atoms with Crippen molar-refractivity contribution in [2.75, 3.05) is 36.0 Å². The molecule has 13 heteroatoms. The number of anilines is 2. The molecule has 0 unspecified atom stereocenters. The molecular weight excluding hydrogens is 861 g/mol. The Morgan fingerprint density at radius 3 is 1.84 bits per heavy atom. The van der Waals surface area contributed by atoms with Crippen LogP contribution in [0.2, 0.25) is 0 Å². The summed E-state index contributed by atoms with van der Waals surface area (Å²) in [5.74, 6) is 0. The number of para-hydroxylation sites is 2. The fourth-order valence-corrected chi connectivity index (χ4v) is 9.21. The third-order valence-corrected chi connectivity index (χ3v) is 12.9. The molecule has 0 bridgehead atoms. The topological polar surface area (TPSA) is 156 Å². The maximum Gasteiger partial charge on any atom is 0.199 e. The van der Waals surface area contributed by atoms with Gasteiger partial charge in [0.05, 0.1) is 29.3 Å². The van der Waals surface area contributed by atoms with Gasteiger partial charge in [-0.1, -0.05) is 24.3 Å². The van der Waals surface area contributed by atoms with E-state index in [2.05, 4.69) is 98.5 Å². The smallest absolute Gasteiger partial charge is 0.199 e. The van der Waals surface area contributed by atoms with Gasteiger partial charge in [-0.2, -0.15) is 0 Å². The molecule has 2 aliphatic rings. The highest BCUT2D eigenvalue weighted by Gasteiger charge is 2.27. The number of aldehydes is 1. The van der Waals surface area contributed by atoms with Crippen molar-refractivity contribution in [1.29, 1.82) is 0 Å². The molecule has 0 aliphatic carbocycles. The second-order valence-corrected chi connectivity index (χ2v) is 18.2. The number of aromatic nitrogens is 6. The molecule has 0 spiro atoms. The molecule has 8 aromatic rings. The van der Waals surface area contributed by atoms with Gasteiger partial charge in [0.1, 0.15) is 0 Å². The van der Waals surface area contributed by atoms with Crippen molar-refractivity contribution in [3.05, 3.63) is 200 Å². The van der Waals surface area contributed by atoms with E-state index in [4.69, 9.17) is 0 Å². The molecule has 2 aromatic carbocycles. The molecule has 2 fully saturated rings. The summed E-state index contributed by atoms with van der Waals surface area (Å²) in [5, 5.41) is 4.98. The van der Waals surface area contributed by atoms with Crippen molar-refractivity contribution in [2.45, 2.75) is 85.1 Å². The number of benzene rings is 2. The lowest BCUT2D eigenvalue weighted by Crippen LogP contribution is -2.48. The number of nitrogens with zero attached hydrogens (tertiary/aromatic N) is 7. The second kappa shape index (κ2) is 23.1. The molecule has 8 heterocycles. The normalized spacial score (nSPS) is 15.8. The minimum absolute atomic E-state index is 0.112. The summed E-state index contributed by atoms with van der Waals surface area (Å²) < 4.78 is 0. The summed E-state index contributed by atoms with van der Waals surface area (Å²) in [7, 11) is 0. The number of hydrogen-bond acceptors (Lipinski definition) is 11. The highest BCUT2D eigenvalue weighted by molar-refractivity contribution is 5.85. The van der Waals surface area contributed by atoms with E-state index in [9.17, 15) is 14.4 Å². The highest BCUT2D eigenvalue weighted by atomic mass is 16.1. The highest BCUT2D eigenvalue weighted by Crippen LogP contribution is 2.25. The van der Waals surface area contributed by atoms with Crippen LogP contribution in [-0.4, -0.2) is 79.4 Å². The number of hydrogen-bond donors (Lipinski definition) is 3. The SMILES string of the molecule is Cc1ccc(N2CCC[C@H](N(Cc3ccnc(C)c3)Cc3c[nH]c4ccccc4c3=O)C2)cn1.Cc1ccc(N2CCC[C@H](NCc3ccnc(C)c3)C2)cn1.O=Cc1c[nH]c2ccccc2c1=O. The van der Waals surface area contributed by atoms with E-state index < -0.39 is 0 Å². The van der Waals surface area contributed by atoms with Gasteiger partial charge in [-0.25, -0.2) is 0 Å². The van der Waals surface area contributed by atoms with Crippen molar-refractivity contribution in [3.63, 3.8) is 0 Å². The number of fused-ring (bicyclic) bond motifs is 2. The number of nitrogens with one attached hydrogen (secondary N) is 3. The molecule has 0 amide bonds.